The van der Waals surface area contributed by atoms with Crippen molar-refractivity contribution in [3.8, 4) is 0 Å². The molecule has 0 saturated carbocycles. The summed E-state index contributed by atoms with van der Waals surface area (Å²) in [5.74, 6) is 1.07. The zero-order valence-electron chi connectivity index (χ0n) is 13.8. The summed E-state index contributed by atoms with van der Waals surface area (Å²) < 4.78 is 0. The molecular formula is C19H22N4O. The van der Waals surface area contributed by atoms with E-state index in [0.29, 0.717) is 0 Å². The Hall–Kier alpha value is -2.43. The Kier molecular flexibility index (Phi) is 4.15. The first-order valence-electron chi connectivity index (χ1n) is 8.69. The Balaban J connectivity index is 1.45. The molecule has 2 aliphatic heterocycles. The van der Waals surface area contributed by atoms with Crippen molar-refractivity contribution in [1.29, 1.82) is 0 Å². The second-order valence-corrected chi connectivity index (χ2v) is 6.61. The smallest absolute Gasteiger partial charge is 0.227 e. The number of hydrogen-bond acceptors (Lipinski definition) is 4. The van der Waals surface area contributed by atoms with Gasteiger partial charge in [-0.1, -0.05) is 24.3 Å². The summed E-state index contributed by atoms with van der Waals surface area (Å²) in [6.45, 7) is 3.22. The minimum absolute atomic E-state index is 0.0489. The topological polar surface area (TPSA) is 49.3 Å². The molecule has 2 aliphatic rings. The predicted octanol–water partition coefficient (Wildman–Crippen LogP) is 2.28. The van der Waals surface area contributed by atoms with Gasteiger partial charge in [0, 0.05) is 38.6 Å². The molecule has 124 valence electrons. The van der Waals surface area contributed by atoms with E-state index < -0.39 is 0 Å². The first-order valence-corrected chi connectivity index (χ1v) is 8.69. The fraction of sp³-hybridized carbons (Fsp3) is 0.421. The number of benzene rings is 1. The van der Waals surface area contributed by atoms with Gasteiger partial charge < -0.3 is 9.80 Å². The first-order chi connectivity index (χ1) is 11.8. The fourth-order valence-corrected chi connectivity index (χ4v) is 3.76. The molecule has 3 heterocycles. The molecule has 1 amide bonds. The van der Waals surface area contributed by atoms with E-state index in [-0.39, 0.29) is 11.8 Å². The summed E-state index contributed by atoms with van der Waals surface area (Å²) in [5, 5.41) is 0. The van der Waals surface area contributed by atoms with E-state index >= 15 is 0 Å². The monoisotopic (exact) mass is 322 g/mol. The van der Waals surface area contributed by atoms with E-state index in [4.69, 9.17) is 0 Å². The lowest BCUT2D eigenvalue weighted by atomic mass is 9.94. The summed E-state index contributed by atoms with van der Waals surface area (Å²) in [6.07, 6.45) is 6.45. The highest BCUT2D eigenvalue weighted by Gasteiger charge is 2.31. The SMILES string of the molecule is O=C([C@@H]1CCCN(c2ncccn2)C1)N1CCc2ccccc2C1. The normalized spacial score (nSPS) is 20.6. The van der Waals surface area contributed by atoms with Gasteiger partial charge in [-0.25, -0.2) is 9.97 Å². The van der Waals surface area contributed by atoms with Gasteiger partial charge in [0.2, 0.25) is 11.9 Å². The number of amides is 1. The molecule has 1 saturated heterocycles. The lowest BCUT2D eigenvalue weighted by molar-refractivity contribution is -0.136. The number of piperidine rings is 1. The molecule has 4 rings (SSSR count). The predicted molar refractivity (Wildman–Crippen MR) is 92.5 cm³/mol. The Morgan fingerprint density at radius 1 is 1.04 bits per heavy atom. The third-order valence-corrected chi connectivity index (χ3v) is 5.05. The van der Waals surface area contributed by atoms with E-state index in [9.17, 15) is 4.79 Å². The maximum Gasteiger partial charge on any atom is 0.227 e. The van der Waals surface area contributed by atoms with Crippen molar-refractivity contribution in [3.63, 3.8) is 0 Å². The van der Waals surface area contributed by atoms with Crippen molar-refractivity contribution in [2.24, 2.45) is 5.92 Å². The highest BCUT2D eigenvalue weighted by molar-refractivity contribution is 5.80. The molecule has 0 radical (unpaired) electrons. The summed E-state index contributed by atoms with van der Waals surface area (Å²) >= 11 is 0. The fourth-order valence-electron chi connectivity index (χ4n) is 3.76. The Morgan fingerprint density at radius 2 is 1.83 bits per heavy atom. The van der Waals surface area contributed by atoms with Crippen LogP contribution in [0.4, 0.5) is 5.95 Å². The molecule has 0 N–H and O–H groups in total. The number of carbonyl (C=O) groups is 1. The first kappa shape index (κ1) is 15.1. The maximum atomic E-state index is 13.0. The number of fused-ring (bicyclic) bond motifs is 1. The minimum atomic E-state index is 0.0489. The number of carbonyl (C=O) groups excluding carboxylic acids is 1. The number of nitrogens with zero attached hydrogens (tertiary/aromatic N) is 4. The van der Waals surface area contributed by atoms with E-state index in [1.165, 1.54) is 11.1 Å². The molecule has 24 heavy (non-hydrogen) atoms. The van der Waals surface area contributed by atoms with Gasteiger partial charge >= 0.3 is 0 Å². The summed E-state index contributed by atoms with van der Waals surface area (Å²) in [5.41, 5.74) is 2.67. The van der Waals surface area contributed by atoms with Crippen LogP contribution in [0, 0.1) is 5.92 Å². The largest absolute Gasteiger partial charge is 0.340 e. The molecule has 1 atom stereocenters. The Bertz CT molecular complexity index is 718. The standard InChI is InChI=1S/C19H22N4O/c24-18(22-12-8-15-5-1-2-6-16(15)13-22)17-7-3-11-23(14-17)19-20-9-4-10-21-19/h1-2,4-6,9-10,17H,3,7-8,11-14H2/t17-/m1/s1. The molecule has 0 bridgehead atoms. The maximum absolute atomic E-state index is 13.0. The molecule has 0 aliphatic carbocycles. The van der Waals surface area contributed by atoms with E-state index in [1.54, 1.807) is 12.4 Å². The van der Waals surface area contributed by atoms with Crippen LogP contribution in [0.1, 0.15) is 24.0 Å². The third-order valence-electron chi connectivity index (χ3n) is 5.05. The summed E-state index contributed by atoms with van der Waals surface area (Å²) in [4.78, 5) is 25.8. The molecule has 2 aromatic rings. The van der Waals surface area contributed by atoms with Crippen molar-refractivity contribution < 1.29 is 4.79 Å². The van der Waals surface area contributed by atoms with Crippen molar-refractivity contribution in [1.82, 2.24) is 14.9 Å². The van der Waals surface area contributed by atoms with E-state index in [0.717, 1.165) is 51.4 Å². The lowest BCUT2D eigenvalue weighted by Gasteiger charge is -2.36. The van der Waals surface area contributed by atoms with Crippen LogP contribution >= 0.6 is 0 Å². The number of rotatable bonds is 2. The van der Waals surface area contributed by atoms with Crippen molar-refractivity contribution >= 4 is 11.9 Å². The molecule has 0 unspecified atom stereocenters. The molecule has 5 nitrogen and oxygen atoms in total. The van der Waals surface area contributed by atoms with Crippen LogP contribution in [0.3, 0.4) is 0 Å². The molecule has 0 spiro atoms. The zero-order chi connectivity index (χ0) is 16.4. The van der Waals surface area contributed by atoms with Crippen molar-refractivity contribution in [2.75, 3.05) is 24.5 Å². The van der Waals surface area contributed by atoms with E-state index in [1.807, 2.05) is 11.0 Å². The zero-order valence-corrected chi connectivity index (χ0v) is 13.8. The van der Waals surface area contributed by atoms with Gasteiger partial charge in [-0.15, -0.1) is 0 Å². The van der Waals surface area contributed by atoms with Gasteiger partial charge in [-0.05, 0) is 36.5 Å². The average molecular weight is 322 g/mol. The molecule has 1 aromatic heterocycles. The minimum Gasteiger partial charge on any atom is -0.340 e. The van der Waals surface area contributed by atoms with Crippen LogP contribution in [-0.2, 0) is 17.8 Å². The summed E-state index contributed by atoms with van der Waals surface area (Å²) in [7, 11) is 0. The highest BCUT2D eigenvalue weighted by Crippen LogP contribution is 2.25. The van der Waals surface area contributed by atoms with Gasteiger partial charge in [0.1, 0.15) is 0 Å². The van der Waals surface area contributed by atoms with Gasteiger partial charge in [0.05, 0.1) is 5.92 Å². The van der Waals surface area contributed by atoms with E-state index in [2.05, 4.69) is 39.1 Å². The summed E-state index contributed by atoms with van der Waals surface area (Å²) in [6, 6.07) is 10.3. The highest BCUT2D eigenvalue weighted by atomic mass is 16.2. The molecule has 5 heteroatoms. The number of aromatic nitrogens is 2. The van der Waals surface area contributed by atoms with Crippen molar-refractivity contribution in [2.45, 2.75) is 25.8 Å². The molecular weight excluding hydrogens is 300 g/mol. The average Bonchev–Trinajstić information content (AvgIpc) is 2.68. The van der Waals surface area contributed by atoms with Crippen molar-refractivity contribution in [3.05, 3.63) is 53.9 Å². The van der Waals surface area contributed by atoms with Crippen LogP contribution in [0.5, 0.6) is 0 Å². The van der Waals surface area contributed by atoms with Crippen LogP contribution < -0.4 is 4.90 Å². The Morgan fingerprint density at radius 3 is 2.67 bits per heavy atom. The third kappa shape index (κ3) is 2.98. The van der Waals surface area contributed by atoms with Crippen LogP contribution in [0.25, 0.3) is 0 Å². The number of hydrogen-bond donors (Lipinski definition) is 0. The second kappa shape index (κ2) is 6.59. The van der Waals surface area contributed by atoms with Crippen LogP contribution in [-0.4, -0.2) is 40.4 Å². The van der Waals surface area contributed by atoms with Gasteiger partial charge in [0.15, 0.2) is 0 Å². The number of anilines is 1. The van der Waals surface area contributed by atoms with Gasteiger partial charge in [-0.3, -0.25) is 4.79 Å². The van der Waals surface area contributed by atoms with Gasteiger partial charge in [-0.2, -0.15) is 0 Å². The quantitative estimate of drug-likeness (QED) is 0.851. The Labute approximate surface area is 142 Å². The van der Waals surface area contributed by atoms with Crippen LogP contribution in [0.15, 0.2) is 42.7 Å². The molecule has 1 aromatic carbocycles. The lowest BCUT2D eigenvalue weighted by Crippen LogP contribution is -2.46. The molecule has 1 fully saturated rings. The van der Waals surface area contributed by atoms with Crippen LogP contribution in [0.2, 0.25) is 0 Å². The second-order valence-electron chi connectivity index (χ2n) is 6.61. The van der Waals surface area contributed by atoms with Gasteiger partial charge in [0.25, 0.3) is 0 Å².